The van der Waals surface area contributed by atoms with E-state index in [1.807, 2.05) is 36.6 Å². The number of nitrogens with one attached hydrogen (secondary N) is 1. The Morgan fingerprint density at radius 3 is 2.68 bits per heavy atom. The topological polar surface area (TPSA) is 120 Å². The molecule has 0 aliphatic rings. The molecule has 0 saturated heterocycles. The number of nitrogens with zero attached hydrogens (tertiary/aromatic N) is 4. The minimum atomic E-state index is -0.581. The predicted molar refractivity (Wildman–Crippen MR) is 97.6 cm³/mol. The van der Waals surface area contributed by atoms with Gasteiger partial charge in [0.2, 0.25) is 11.6 Å². The lowest BCUT2D eigenvalue weighted by Gasteiger charge is -2.07. The molecule has 0 bridgehead atoms. The van der Waals surface area contributed by atoms with Gasteiger partial charge < -0.3 is 11.1 Å². The number of aromatic nitrogens is 3. The number of hydrogen-bond donors (Lipinski definition) is 2. The van der Waals surface area contributed by atoms with Gasteiger partial charge in [0.25, 0.3) is 0 Å². The molecular formula is C16H16N6O2S. The summed E-state index contributed by atoms with van der Waals surface area (Å²) in [5, 5.41) is 17.1. The molecule has 0 atom stereocenters. The van der Waals surface area contributed by atoms with Crippen LogP contribution in [0.4, 0.5) is 17.3 Å². The van der Waals surface area contributed by atoms with Crippen molar-refractivity contribution in [1.29, 1.82) is 0 Å². The van der Waals surface area contributed by atoms with E-state index in [-0.39, 0.29) is 17.3 Å². The van der Waals surface area contributed by atoms with E-state index < -0.39 is 4.92 Å². The van der Waals surface area contributed by atoms with Gasteiger partial charge in [0, 0.05) is 17.5 Å². The van der Waals surface area contributed by atoms with E-state index in [0.717, 1.165) is 21.8 Å². The summed E-state index contributed by atoms with van der Waals surface area (Å²) in [5.74, 6) is -0.0162. The summed E-state index contributed by atoms with van der Waals surface area (Å²) >= 11 is 1.62. The summed E-state index contributed by atoms with van der Waals surface area (Å²) in [6.07, 6.45) is 1.90. The van der Waals surface area contributed by atoms with Gasteiger partial charge in [-0.3, -0.25) is 10.1 Å². The van der Waals surface area contributed by atoms with Crippen LogP contribution in [-0.2, 0) is 6.42 Å². The first-order valence-corrected chi connectivity index (χ1v) is 8.42. The molecule has 3 aromatic rings. The number of nitro groups is 1. The fourth-order valence-electron chi connectivity index (χ4n) is 2.37. The van der Waals surface area contributed by atoms with E-state index in [1.54, 1.807) is 11.3 Å². The van der Waals surface area contributed by atoms with E-state index in [0.29, 0.717) is 13.0 Å². The molecule has 1 aromatic carbocycles. The smallest absolute Gasteiger partial charge is 0.352 e. The van der Waals surface area contributed by atoms with E-state index in [4.69, 9.17) is 5.73 Å². The van der Waals surface area contributed by atoms with E-state index >= 15 is 0 Å². The predicted octanol–water partition coefficient (Wildman–Crippen LogP) is 3.05. The van der Waals surface area contributed by atoms with Crippen molar-refractivity contribution >= 4 is 28.7 Å². The Kier molecular flexibility index (Phi) is 4.85. The molecule has 25 heavy (non-hydrogen) atoms. The number of rotatable bonds is 6. The Labute approximate surface area is 147 Å². The molecule has 0 unspecified atom stereocenters. The minimum Gasteiger partial charge on any atom is -0.378 e. The average molecular weight is 356 g/mol. The van der Waals surface area contributed by atoms with Crippen molar-refractivity contribution in [3.8, 4) is 11.3 Å². The van der Waals surface area contributed by atoms with Gasteiger partial charge in [0.15, 0.2) is 0 Å². The zero-order chi connectivity index (χ0) is 17.8. The van der Waals surface area contributed by atoms with Crippen LogP contribution in [0.5, 0.6) is 0 Å². The first-order valence-electron chi connectivity index (χ1n) is 7.55. The highest BCUT2D eigenvalue weighted by atomic mass is 32.1. The third-order valence-corrected chi connectivity index (χ3v) is 4.38. The van der Waals surface area contributed by atoms with E-state index in [2.05, 4.69) is 20.3 Å². The normalized spacial score (nSPS) is 10.6. The maximum atomic E-state index is 11.1. The van der Waals surface area contributed by atoms with Crippen LogP contribution in [0.25, 0.3) is 11.3 Å². The number of nitrogen functional groups attached to an aromatic ring is 1. The van der Waals surface area contributed by atoms with Crippen LogP contribution in [0, 0.1) is 17.0 Å². The molecule has 3 rings (SSSR count). The highest BCUT2D eigenvalue weighted by Gasteiger charge is 2.20. The average Bonchev–Trinajstić information content (AvgIpc) is 3.02. The van der Waals surface area contributed by atoms with Crippen molar-refractivity contribution in [1.82, 2.24) is 15.0 Å². The lowest BCUT2D eigenvalue weighted by atomic mass is 10.1. The largest absolute Gasteiger partial charge is 0.378 e. The molecule has 0 fully saturated rings. The van der Waals surface area contributed by atoms with Gasteiger partial charge in [-0.25, -0.2) is 15.0 Å². The number of thiazole rings is 1. The Balaban J connectivity index is 1.63. The molecule has 8 nitrogen and oxygen atoms in total. The number of benzene rings is 1. The first kappa shape index (κ1) is 16.8. The molecule has 2 aromatic heterocycles. The highest BCUT2D eigenvalue weighted by Crippen LogP contribution is 2.26. The zero-order valence-electron chi connectivity index (χ0n) is 13.5. The second kappa shape index (κ2) is 7.22. The summed E-state index contributed by atoms with van der Waals surface area (Å²) in [6.45, 7) is 2.47. The highest BCUT2D eigenvalue weighted by molar-refractivity contribution is 7.09. The fraction of sp³-hybridized carbons (Fsp3) is 0.188. The summed E-state index contributed by atoms with van der Waals surface area (Å²) in [4.78, 5) is 22.5. The Morgan fingerprint density at radius 2 is 2.04 bits per heavy atom. The van der Waals surface area contributed by atoms with Gasteiger partial charge in [0.1, 0.15) is 6.33 Å². The van der Waals surface area contributed by atoms with Gasteiger partial charge in [-0.05, 0) is 18.9 Å². The molecular weight excluding hydrogens is 340 g/mol. The van der Waals surface area contributed by atoms with Crippen LogP contribution in [-0.4, -0.2) is 26.4 Å². The minimum absolute atomic E-state index is 0.132. The fourth-order valence-corrected chi connectivity index (χ4v) is 2.99. The lowest BCUT2D eigenvalue weighted by molar-refractivity contribution is -0.383. The molecule has 0 saturated carbocycles. The van der Waals surface area contributed by atoms with Crippen LogP contribution >= 0.6 is 11.3 Å². The summed E-state index contributed by atoms with van der Waals surface area (Å²) in [6, 6.07) is 8.09. The van der Waals surface area contributed by atoms with Crippen molar-refractivity contribution in [3.63, 3.8) is 0 Å². The number of anilines is 2. The standard InChI is InChI=1S/C16H16N6O2S/c1-10-21-13(8-25-10)12-4-2-11(3-5-12)6-7-18-16-14(22(23)24)15(17)19-9-20-16/h2-5,8-9H,6-7H2,1H3,(H3,17,18,19,20). The van der Waals surface area contributed by atoms with Crippen molar-refractivity contribution < 1.29 is 4.92 Å². The number of hydrogen-bond acceptors (Lipinski definition) is 8. The molecule has 2 heterocycles. The molecule has 3 N–H and O–H groups in total. The number of aryl methyl sites for hydroxylation is 1. The van der Waals surface area contributed by atoms with Crippen LogP contribution in [0.3, 0.4) is 0 Å². The van der Waals surface area contributed by atoms with Crippen molar-refractivity contribution in [2.75, 3.05) is 17.6 Å². The monoisotopic (exact) mass is 356 g/mol. The van der Waals surface area contributed by atoms with E-state index in [9.17, 15) is 10.1 Å². The molecule has 0 aliphatic heterocycles. The second-order valence-electron chi connectivity index (χ2n) is 5.34. The third kappa shape index (κ3) is 3.89. The summed E-state index contributed by atoms with van der Waals surface area (Å²) in [5.41, 5.74) is 8.39. The molecule has 0 amide bonds. The maximum absolute atomic E-state index is 11.1. The molecule has 0 spiro atoms. The lowest BCUT2D eigenvalue weighted by Crippen LogP contribution is -2.10. The zero-order valence-corrected chi connectivity index (χ0v) is 14.3. The van der Waals surface area contributed by atoms with Gasteiger partial charge in [-0.15, -0.1) is 11.3 Å². The Morgan fingerprint density at radius 1 is 1.28 bits per heavy atom. The van der Waals surface area contributed by atoms with Gasteiger partial charge in [-0.1, -0.05) is 24.3 Å². The van der Waals surface area contributed by atoms with Crippen LogP contribution in [0.15, 0.2) is 36.0 Å². The third-order valence-electron chi connectivity index (χ3n) is 3.61. The Hall–Kier alpha value is -3.07. The van der Waals surface area contributed by atoms with Crippen LogP contribution in [0.1, 0.15) is 10.6 Å². The summed E-state index contributed by atoms with van der Waals surface area (Å²) in [7, 11) is 0. The molecule has 9 heteroatoms. The van der Waals surface area contributed by atoms with Crippen LogP contribution in [0.2, 0.25) is 0 Å². The van der Waals surface area contributed by atoms with Crippen LogP contribution < -0.4 is 11.1 Å². The molecule has 128 valence electrons. The maximum Gasteiger partial charge on any atom is 0.352 e. The molecule has 0 aliphatic carbocycles. The van der Waals surface area contributed by atoms with Crippen molar-refractivity contribution in [2.24, 2.45) is 0 Å². The van der Waals surface area contributed by atoms with Crippen molar-refractivity contribution in [2.45, 2.75) is 13.3 Å². The quantitative estimate of drug-likeness (QED) is 0.514. The second-order valence-corrected chi connectivity index (χ2v) is 6.40. The Bertz CT molecular complexity index is 894. The van der Waals surface area contributed by atoms with Crippen molar-refractivity contribution in [3.05, 3.63) is 56.7 Å². The van der Waals surface area contributed by atoms with Gasteiger partial charge >= 0.3 is 5.69 Å². The van der Waals surface area contributed by atoms with Gasteiger partial charge in [-0.2, -0.15) is 0 Å². The SMILES string of the molecule is Cc1nc(-c2ccc(CCNc3ncnc(N)c3[N+](=O)[O-])cc2)cs1. The van der Waals surface area contributed by atoms with E-state index in [1.165, 1.54) is 6.33 Å². The van der Waals surface area contributed by atoms with Gasteiger partial charge in [0.05, 0.1) is 15.6 Å². The first-order chi connectivity index (χ1) is 12.0. The number of nitrogens with two attached hydrogens (primary N) is 1. The summed E-state index contributed by atoms with van der Waals surface area (Å²) < 4.78 is 0. The molecule has 0 radical (unpaired) electrons.